The molecule has 13 heteroatoms. The van der Waals surface area contributed by atoms with Gasteiger partial charge in [-0.25, -0.2) is 9.18 Å². The van der Waals surface area contributed by atoms with E-state index >= 15 is 0 Å². The summed E-state index contributed by atoms with van der Waals surface area (Å²) in [4.78, 5) is 31.3. The number of hydrogen-bond acceptors (Lipinski definition) is 9. The van der Waals surface area contributed by atoms with Crippen LogP contribution in [-0.2, 0) is 21.3 Å². The lowest BCUT2D eigenvalue weighted by Gasteiger charge is -2.15. The smallest absolute Gasteiger partial charge is 0.414 e. The Morgan fingerprint density at radius 3 is 2.83 bits per heavy atom. The van der Waals surface area contributed by atoms with Crippen LogP contribution in [0.5, 0.6) is 0 Å². The molecule has 2 aromatic heterocycles. The second-order valence-corrected chi connectivity index (χ2v) is 8.09. The van der Waals surface area contributed by atoms with Crippen LogP contribution in [0.25, 0.3) is 22.6 Å². The number of halogens is 2. The van der Waals surface area contributed by atoms with E-state index in [0.29, 0.717) is 28.3 Å². The Balaban J connectivity index is 0.00000289. The SMILES string of the molecule is Cl.Cn1nnc(-c2ccc(-c3ccc(N4C[C@H](COC(=O)[C@H]5CCCN5)OC4=O)cc3F)cn2)n1. The van der Waals surface area contributed by atoms with Crippen LogP contribution in [0, 0.1) is 5.82 Å². The summed E-state index contributed by atoms with van der Waals surface area (Å²) in [5.41, 5.74) is 1.76. The lowest BCUT2D eigenvalue weighted by molar-refractivity contribution is -0.148. The topological polar surface area (TPSA) is 124 Å². The first kappa shape index (κ1) is 24.5. The number of hydrogen-bond donors (Lipinski definition) is 1. The number of aromatic nitrogens is 5. The molecule has 2 atom stereocenters. The number of cyclic esters (lactones) is 1. The minimum Gasteiger partial charge on any atom is -0.461 e. The third-order valence-electron chi connectivity index (χ3n) is 5.71. The number of benzene rings is 1. The predicted octanol–water partition coefficient (Wildman–Crippen LogP) is 2.12. The highest BCUT2D eigenvalue weighted by molar-refractivity contribution is 5.90. The molecular weight excluding hydrogens is 481 g/mol. The maximum Gasteiger partial charge on any atom is 0.414 e. The number of esters is 1. The highest BCUT2D eigenvalue weighted by Gasteiger charge is 2.34. The number of carbonyl (C=O) groups is 2. The highest BCUT2D eigenvalue weighted by Crippen LogP contribution is 2.29. The maximum absolute atomic E-state index is 14.9. The van der Waals surface area contributed by atoms with Gasteiger partial charge in [0, 0.05) is 17.3 Å². The molecule has 184 valence electrons. The molecule has 0 unspecified atom stereocenters. The zero-order chi connectivity index (χ0) is 23.7. The molecule has 1 N–H and O–H groups in total. The van der Waals surface area contributed by atoms with Crippen molar-refractivity contribution in [1.82, 2.24) is 30.5 Å². The van der Waals surface area contributed by atoms with E-state index in [4.69, 9.17) is 9.47 Å². The van der Waals surface area contributed by atoms with Crippen molar-refractivity contribution in [1.29, 1.82) is 0 Å². The van der Waals surface area contributed by atoms with Crippen LogP contribution in [0.1, 0.15) is 12.8 Å². The normalized spacial score (nSPS) is 19.4. The van der Waals surface area contributed by atoms with Gasteiger partial charge < -0.3 is 14.8 Å². The van der Waals surface area contributed by atoms with Crippen molar-refractivity contribution in [3.63, 3.8) is 0 Å². The number of nitrogens with zero attached hydrogens (tertiary/aromatic N) is 6. The second-order valence-electron chi connectivity index (χ2n) is 8.09. The van der Waals surface area contributed by atoms with Crippen molar-refractivity contribution in [3.8, 4) is 22.6 Å². The average Bonchev–Trinajstić information content (AvgIpc) is 3.59. The molecule has 0 saturated carbocycles. The summed E-state index contributed by atoms with van der Waals surface area (Å²) < 4.78 is 25.5. The van der Waals surface area contributed by atoms with Gasteiger partial charge in [-0.1, -0.05) is 6.07 Å². The fourth-order valence-electron chi connectivity index (χ4n) is 3.96. The Morgan fingerprint density at radius 1 is 1.31 bits per heavy atom. The number of ether oxygens (including phenoxy) is 2. The maximum atomic E-state index is 14.9. The molecule has 3 aromatic rings. The van der Waals surface area contributed by atoms with E-state index in [0.717, 1.165) is 19.4 Å². The molecule has 2 fully saturated rings. The van der Waals surface area contributed by atoms with Gasteiger partial charge in [0.05, 0.1) is 19.3 Å². The Hall–Kier alpha value is -3.64. The minimum absolute atomic E-state index is 0. The third kappa shape index (κ3) is 5.23. The Bertz CT molecular complexity index is 1220. The van der Waals surface area contributed by atoms with Crippen molar-refractivity contribution < 1.29 is 23.5 Å². The molecular formula is C22H23ClFN7O4. The van der Waals surface area contributed by atoms with Crippen LogP contribution in [0.4, 0.5) is 14.9 Å². The summed E-state index contributed by atoms with van der Waals surface area (Å²) in [6, 6.07) is 7.57. The summed E-state index contributed by atoms with van der Waals surface area (Å²) in [5, 5.41) is 14.8. The number of tetrazole rings is 1. The molecule has 0 radical (unpaired) electrons. The molecule has 5 rings (SSSR count). The zero-order valence-corrected chi connectivity index (χ0v) is 19.6. The number of nitrogens with one attached hydrogen (secondary N) is 1. The van der Waals surface area contributed by atoms with Crippen LogP contribution in [0.3, 0.4) is 0 Å². The van der Waals surface area contributed by atoms with Gasteiger partial charge in [-0.2, -0.15) is 4.80 Å². The lowest BCUT2D eigenvalue weighted by atomic mass is 10.1. The van der Waals surface area contributed by atoms with Crippen molar-refractivity contribution in [3.05, 3.63) is 42.3 Å². The molecule has 0 spiro atoms. The average molecular weight is 504 g/mol. The van der Waals surface area contributed by atoms with Gasteiger partial charge in [0.25, 0.3) is 0 Å². The fourth-order valence-corrected chi connectivity index (χ4v) is 3.96. The highest BCUT2D eigenvalue weighted by atomic mass is 35.5. The van der Waals surface area contributed by atoms with E-state index < -0.39 is 18.0 Å². The van der Waals surface area contributed by atoms with E-state index in [1.807, 2.05) is 0 Å². The van der Waals surface area contributed by atoms with Crippen molar-refractivity contribution in [2.45, 2.75) is 25.0 Å². The first-order valence-corrected chi connectivity index (χ1v) is 10.9. The summed E-state index contributed by atoms with van der Waals surface area (Å²) in [7, 11) is 1.65. The molecule has 0 aliphatic carbocycles. The monoisotopic (exact) mass is 503 g/mol. The summed E-state index contributed by atoms with van der Waals surface area (Å²) in [6.07, 6.45) is 1.95. The molecule has 2 aliphatic heterocycles. The summed E-state index contributed by atoms with van der Waals surface area (Å²) in [5.74, 6) is -0.492. The van der Waals surface area contributed by atoms with Crippen LogP contribution in [0.15, 0.2) is 36.5 Å². The van der Waals surface area contributed by atoms with Gasteiger partial charge in [-0.3, -0.25) is 14.7 Å². The summed E-state index contributed by atoms with van der Waals surface area (Å²) in [6.45, 7) is 0.898. The van der Waals surface area contributed by atoms with Gasteiger partial charge >= 0.3 is 12.1 Å². The molecule has 0 bridgehead atoms. The van der Waals surface area contributed by atoms with Gasteiger partial charge in [-0.15, -0.1) is 22.6 Å². The number of amides is 1. The first-order chi connectivity index (χ1) is 16.5. The number of pyridine rings is 1. The standard InChI is InChI=1S/C22H22FN7O4.ClH/c1-29-27-20(26-28-29)18-7-4-13(10-25-18)16-6-5-14(9-17(16)23)30-11-15(34-22(30)32)12-33-21(31)19-3-2-8-24-19;/h4-7,9-10,15,19,24H,2-3,8,11-12H2,1H3;1H/t15-,19-;/m1./s1. The van der Waals surface area contributed by atoms with E-state index in [1.165, 1.54) is 22.0 Å². The Labute approximate surface area is 206 Å². The van der Waals surface area contributed by atoms with Crippen molar-refractivity contribution in [2.75, 3.05) is 24.6 Å². The van der Waals surface area contributed by atoms with Gasteiger partial charge in [0.15, 0.2) is 6.10 Å². The minimum atomic E-state index is -0.618. The number of anilines is 1. The van der Waals surface area contributed by atoms with E-state index in [9.17, 15) is 14.0 Å². The first-order valence-electron chi connectivity index (χ1n) is 10.9. The molecule has 2 aliphatic rings. The van der Waals surface area contributed by atoms with Crippen LogP contribution < -0.4 is 10.2 Å². The van der Waals surface area contributed by atoms with Crippen LogP contribution in [0.2, 0.25) is 0 Å². The van der Waals surface area contributed by atoms with E-state index in [2.05, 4.69) is 25.7 Å². The quantitative estimate of drug-likeness (QED) is 0.503. The fraction of sp³-hybridized carbons (Fsp3) is 0.364. The van der Waals surface area contributed by atoms with Gasteiger partial charge in [-0.05, 0) is 48.9 Å². The lowest BCUT2D eigenvalue weighted by Crippen LogP contribution is -2.35. The Kier molecular flexibility index (Phi) is 7.22. The second kappa shape index (κ2) is 10.3. The van der Waals surface area contributed by atoms with E-state index in [-0.39, 0.29) is 37.6 Å². The molecule has 4 heterocycles. The number of carbonyl (C=O) groups excluding carboxylic acids is 2. The molecule has 35 heavy (non-hydrogen) atoms. The summed E-state index contributed by atoms with van der Waals surface area (Å²) >= 11 is 0. The van der Waals surface area contributed by atoms with Gasteiger partial charge in [0.2, 0.25) is 5.82 Å². The van der Waals surface area contributed by atoms with Crippen LogP contribution >= 0.6 is 12.4 Å². The molecule has 11 nitrogen and oxygen atoms in total. The van der Waals surface area contributed by atoms with Crippen molar-refractivity contribution >= 4 is 30.2 Å². The largest absolute Gasteiger partial charge is 0.461 e. The van der Waals surface area contributed by atoms with E-state index in [1.54, 1.807) is 31.3 Å². The predicted molar refractivity (Wildman–Crippen MR) is 124 cm³/mol. The Morgan fingerprint density at radius 2 is 2.17 bits per heavy atom. The van der Waals surface area contributed by atoms with Gasteiger partial charge in [0.1, 0.15) is 24.2 Å². The molecule has 1 aromatic carbocycles. The zero-order valence-electron chi connectivity index (χ0n) is 18.8. The number of aryl methyl sites for hydroxylation is 1. The molecule has 2 saturated heterocycles. The van der Waals surface area contributed by atoms with Crippen LogP contribution in [-0.4, -0.2) is 69.1 Å². The van der Waals surface area contributed by atoms with Crippen molar-refractivity contribution in [2.24, 2.45) is 7.05 Å². The number of rotatable bonds is 6. The molecule has 1 amide bonds. The third-order valence-corrected chi connectivity index (χ3v) is 5.71.